The SMILES string of the molecule is CS[C@]1(C)C(=O)Nc2ccc(C(F)(F)F)cc21. The maximum Gasteiger partial charge on any atom is 0.416 e. The van der Waals surface area contributed by atoms with Crippen LogP contribution in [0.1, 0.15) is 18.1 Å². The summed E-state index contributed by atoms with van der Waals surface area (Å²) in [4.78, 5) is 11.7. The third-order valence-corrected chi connectivity index (χ3v) is 4.17. The van der Waals surface area contributed by atoms with Crippen molar-refractivity contribution in [2.45, 2.75) is 17.8 Å². The largest absolute Gasteiger partial charge is 0.416 e. The number of amides is 1. The zero-order valence-electron chi connectivity index (χ0n) is 9.18. The Morgan fingerprint density at radius 3 is 2.53 bits per heavy atom. The number of carbonyl (C=O) groups is 1. The summed E-state index contributed by atoms with van der Waals surface area (Å²) in [6.45, 7) is 1.62. The monoisotopic (exact) mass is 261 g/mol. The third kappa shape index (κ3) is 1.80. The van der Waals surface area contributed by atoms with E-state index in [0.29, 0.717) is 11.3 Å². The maximum atomic E-state index is 12.6. The highest BCUT2D eigenvalue weighted by Crippen LogP contribution is 2.46. The lowest BCUT2D eigenvalue weighted by Gasteiger charge is -2.19. The highest BCUT2D eigenvalue weighted by molar-refractivity contribution is 8.00. The topological polar surface area (TPSA) is 29.1 Å². The number of carbonyl (C=O) groups excluding carboxylic acids is 1. The summed E-state index contributed by atoms with van der Waals surface area (Å²) in [6, 6.07) is 3.33. The van der Waals surface area contributed by atoms with Gasteiger partial charge in [0.15, 0.2) is 0 Å². The van der Waals surface area contributed by atoms with Gasteiger partial charge in [-0.05, 0) is 31.4 Å². The molecule has 1 aliphatic rings. The lowest BCUT2D eigenvalue weighted by Crippen LogP contribution is -2.26. The minimum atomic E-state index is -4.39. The molecule has 6 heteroatoms. The van der Waals surface area contributed by atoms with Gasteiger partial charge in [0.1, 0.15) is 4.75 Å². The molecular weight excluding hydrogens is 251 g/mol. The number of hydrogen-bond acceptors (Lipinski definition) is 2. The molecule has 0 bridgehead atoms. The second-order valence-corrected chi connectivity index (χ2v) is 5.17. The van der Waals surface area contributed by atoms with Gasteiger partial charge >= 0.3 is 6.18 Å². The fraction of sp³-hybridized carbons (Fsp3) is 0.364. The van der Waals surface area contributed by atoms with Gasteiger partial charge in [-0.15, -0.1) is 11.8 Å². The van der Waals surface area contributed by atoms with Gasteiger partial charge in [-0.1, -0.05) is 0 Å². The number of fused-ring (bicyclic) bond motifs is 1. The zero-order valence-corrected chi connectivity index (χ0v) is 10.00. The van der Waals surface area contributed by atoms with Crippen LogP contribution in [0.3, 0.4) is 0 Å². The quantitative estimate of drug-likeness (QED) is 0.840. The minimum absolute atomic E-state index is 0.278. The van der Waals surface area contributed by atoms with Crippen LogP contribution in [0.25, 0.3) is 0 Å². The number of halogens is 3. The molecule has 0 unspecified atom stereocenters. The van der Waals surface area contributed by atoms with E-state index in [1.165, 1.54) is 17.8 Å². The van der Waals surface area contributed by atoms with Crippen molar-refractivity contribution in [3.05, 3.63) is 29.3 Å². The van der Waals surface area contributed by atoms with Crippen molar-refractivity contribution < 1.29 is 18.0 Å². The highest BCUT2D eigenvalue weighted by Gasteiger charge is 2.43. The van der Waals surface area contributed by atoms with Crippen molar-refractivity contribution in [2.75, 3.05) is 11.6 Å². The van der Waals surface area contributed by atoms with E-state index in [2.05, 4.69) is 5.32 Å². The summed E-state index contributed by atoms with van der Waals surface area (Å²) in [6.07, 6.45) is -2.69. The Balaban J connectivity index is 2.57. The van der Waals surface area contributed by atoms with Gasteiger partial charge in [0, 0.05) is 11.3 Å². The Morgan fingerprint density at radius 1 is 1.35 bits per heavy atom. The molecule has 0 spiro atoms. The zero-order chi connectivity index (χ0) is 12.8. The van der Waals surface area contributed by atoms with Gasteiger partial charge in [0.2, 0.25) is 5.91 Å². The van der Waals surface area contributed by atoms with Gasteiger partial charge in [-0.2, -0.15) is 13.2 Å². The molecule has 2 rings (SSSR count). The van der Waals surface area contributed by atoms with E-state index in [9.17, 15) is 18.0 Å². The fourth-order valence-electron chi connectivity index (χ4n) is 1.79. The number of thioether (sulfide) groups is 1. The first-order chi connectivity index (χ1) is 7.79. The van der Waals surface area contributed by atoms with Gasteiger partial charge in [0.05, 0.1) is 5.56 Å². The first-order valence-corrected chi connectivity index (χ1v) is 6.10. The van der Waals surface area contributed by atoms with Crippen LogP contribution in [0.5, 0.6) is 0 Å². The molecule has 1 aromatic rings. The van der Waals surface area contributed by atoms with Crippen LogP contribution in [0.2, 0.25) is 0 Å². The molecule has 1 N–H and O–H groups in total. The molecule has 1 aliphatic heterocycles. The van der Waals surface area contributed by atoms with Gasteiger partial charge in [-0.25, -0.2) is 0 Å². The fourth-order valence-corrected chi connectivity index (χ4v) is 2.42. The van der Waals surface area contributed by atoms with Crippen molar-refractivity contribution in [1.29, 1.82) is 0 Å². The number of hydrogen-bond donors (Lipinski definition) is 1. The molecule has 1 amide bonds. The molecule has 0 aliphatic carbocycles. The standard InChI is InChI=1S/C11H10F3NOS/c1-10(17-2)7-5-6(11(12,13)14)3-4-8(7)15-9(10)16/h3-5H,1-2H3,(H,15,16)/t10-/m0/s1. The van der Waals surface area contributed by atoms with Crippen LogP contribution in [-0.4, -0.2) is 12.2 Å². The number of anilines is 1. The van der Waals surface area contributed by atoms with Crippen molar-refractivity contribution in [1.82, 2.24) is 0 Å². The van der Waals surface area contributed by atoms with E-state index >= 15 is 0 Å². The molecule has 1 heterocycles. The van der Waals surface area contributed by atoms with Crippen LogP contribution >= 0.6 is 11.8 Å². The minimum Gasteiger partial charge on any atom is -0.324 e. The summed E-state index contributed by atoms with van der Waals surface area (Å²) in [5.41, 5.74) is 0.123. The average Bonchev–Trinajstić information content (AvgIpc) is 2.50. The van der Waals surface area contributed by atoms with E-state index in [0.717, 1.165) is 12.1 Å². The number of alkyl halides is 3. The van der Waals surface area contributed by atoms with Crippen molar-refractivity contribution in [2.24, 2.45) is 0 Å². The van der Waals surface area contributed by atoms with E-state index < -0.39 is 16.5 Å². The van der Waals surface area contributed by atoms with Crippen LogP contribution in [0.15, 0.2) is 18.2 Å². The van der Waals surface area contributed by atoms with Crippen molar-refractivity contribution in [3.8, 4) is 0 Å². The molecule has 17 heavy (non-hydrogen) atoms. The summed E-state index contributed by atoms with van der Waals surface area (Å²) in [7, 11) is 0. The first kappa shape index (κ1) is 12.3. The molecule has 0 fully saturated rings. The molecule has 0 saturated carbocycles. The Bertz CT molecular complexity index is 486. The second-order valence-electron chi connectivity index (χ2n) is 3.95. The lowest BCUT2D eigenvalue weighted by molar-refractivity contribution is -0.137. The number of benzene rings is 1. The molecule has 1 atom stereocenters. The van der Waals surface area contributed by atoms with Gasteiger partial charge < -0.3 is 5.32 Å². The predicted molar refractivity (Wildman–Crippen MR) is 60.9 cm³/mol. The van der Waals surface area contributed by atoms with Gasteiger partial charge in [-0.3, -0.25) is 4.79 Å². The molecular formula is C11H10F3NOS. The Hall–Kier alpha value is -1.17. The average molecular weight is 261 g/mol. The number of rotatable bonds is 1. The summed E-state index contributed by atoms with van der Waals surface area (Å²) in [5, 5.41) is 2.59. The van der Waals surface area contributed by atoms with Gasteiger partial charge in [0.25, 0.3) is 0 Å². The van der Waals surface area contributed by atoms with Crippen LogP contribution in [0, 0.1) is 0 Å². The Morgan fingerprint density at radius 2 is 2.00 bits per heavy atom. The predicted octanol–water partition coefficient (Wildman–Crippen LogP) is 3.24. The molecule has 2 nitrogen and oxygen atoms in total. The summed E-state index contributed by atoms with van der Waals surface area (Å²) < 4.78 is 36.8. The maximum absolute atomic E-state index is 12.6. The normalized spacial score (nSPS) is 23.5. The highest BCUT2D eigenvalue weighted by atomic mass is 32.2. The van der Waals surface area contributed by atoms with Crippen LogP contribution in [-0.2, 0) is 15.7 Å². The van der Waals surface area contributed by atoms with E-state index in [1.54, 1.807) is 13.2 Å². The molecule has 0 saturated heterocycles. The second kappa shape index (κ2) is 3.66. The molecule has 0 aromatic heterocycles. The van der Waals surface area contributed by atoms with E-state index in [1.807, 2.05) is 0 Å². The van der Waals surface area contributed by atoms with Crippen molar-refractivity contribution >= 4 is 23.4 Å². The summed E-state index contributed by atoms with van der Waals surface area (Å²) >= 11 is 1.23. The third-order valence-electron chi connectivity index (χ3n) is 2.95. The Labute approximate surface area is 101 Å². The first-order valence-electron chi connectivity index (χ1n) is 4.87. The molecule has 1 aromatic carbocycles. The van der Waals surface area contributed by atoms with Crippen LogP contribution in [0.4, 0.5) is 18.9 Å². The Kier molecular flexibility index (Phi) is 2.65. The van der Waals surface area contributed by atoms with E-state index in [4.69, 9.17) is 0 Å². The number of nitrogens with one attached hydrogen (secondary N) is 1. The lowest BCUT2D eigenvalue weighted by atomic mass is 9.99. The van der Waals surface area contributed by atoms with Crippen molar-refractivity contribution in [3.63, 3.8) is 0 Å². The summed E-state index contributed by atoms with van der Waals surface area (Å²) in [5.74, 6) is -0.278. The van der Waals surface area contributed by atoms with Crippen LogP contribution < -0.4 is 5.32 Å². The smallest absolute Gasteiger partial charge is 0.324 e. The van der Waals surface area contributed by atoms with E-state index in [-0.39, 0.29) is 5.91 Å². The molecule has 0 radical (unpaired) electrons. The molecule has 92 valence electrons.